The highest BCUT2D eigenvalue weighted by atomic mass is 16.3. The van der Waals surface area contributed by atoms with Gasteiger partial charge >= 0.3 is 0 Å². The third-order valence-corrected chi connectivity index (χ3v) is 3.84. The molecule has 2 N–H and O–H groups in total. The number of hydrazone groups is 2. The molecule has 0 aliphatic rings. The Morgan fingerprint density at radius 3 is 1.57 bits per heavy atom. The number of amides is 2. The van der Waals surface area contributed by atoms with E-state index < -0.39 is 0 Å². The van der Waals surface area contributed by atoms with E-state index in [1.54, 1.807) is 12.1 Å². The number of unbranched alkanes of at least 4 members (excludes halogenated alkanes) is 3. The summed E-state index contributed by atoms with van der Waals surface area (Å²) in [5.74, 6) is 2.50. The first kappa shape index (κ1) is 21.1. The number of rotatable bonds is 11. The van der Waals surface area contributed by atoms with Gasteiger partial charge in [0.1, 0.15) is 23.0 Å². The molecule has 2 aromatic heterocycles. The van der Waals surface area contributed by atoms with Crippen molar-refractivity contribution in [2.24, 2.45) is 10.2 Å². The molecule has 0 saturated heterocycles. The highest BCUT2D eigenvalue weighted by Crippen LogP contribution is 2.06. The van der Waals surface area contributed by atoms with Crippen molar-refractivity contribution in [2.75, 3.05) is 0 Å². The van der Waals surface area contributed by atoms with E-state index in [1.165, 1.54) is 12.4 Å². The van der Waals surface area contributed by atoms with Gasteiger partial charge in [0.2, 0.25) is 11.8 Å². The van der Waals surface area contributed by atoms with Crippen molar-refractivity contribution in [2.45, 2.75) is 52.4 Å². The molecule has 0 unspecified atom stereocenters. The van der Waals surface area contributed by atoms with Gasteiger partial charge in [-0.2, -0.15) is 10.2 Å². The van der Waals surface area contributed by atoms with Crippen molar-refractivity contribution >= 4 is 24.2 Å². The van der Waals surface area contributed by atoms with Gasteiger partial charge in [-0.05, 0) is 51.0 Å². The predicted octanol–water partition coefficient (Wildman–Crippen LogP) is 3.43. The Kier molecular flexibility index (Phi) is 8.71. The summed E-state index contributed by atoms with van der Waals surface area (Å²) in [6, 6.07) is 7.22. The summed E-state index contributed by atoms with van der Waals surface area (Å²) in [5, 5.41) is 7.71. The molecule has 0 aromatic carbocycles. The Morgan fingerprint density at radius 2 is 1.21 bits per heavy atom. The number of carbonyl (C=O) groups is 2. The van der Waals surface area contributed by atoms with Gasteiger partial charge in [-0.25, -0.2) is 10.9 Å². The van der Waals surface area contributed by atoms with Crippen LogP contribution in [-0.4, -0.2) is 24.2 Å². The number of aryl methyl sites for hydroxylation is 2. The smallest absolute Gasteiger partial charge is 0.240 e. The zero-order valence-electron chi connectivity index (χ0n) is 16.2. The molecule has 2 heterocycles. The molecule has 0 atom stereocenters. The van der Waals surface area contributed by atoms with Crippen LogP contribution in [0.15, 0.2) is 43.3 Å². The maximum absolute atomic E-state index is 11.7. The van der Waals surface area contributed by atoms with Crippen LogP contribution in [0.4, 0.5) is 0 Å². The summed E-state index contributed by atoms with van der Waals surface area (Å²) < 4.78 is 10.6. The maximum atomic E-state index is 11.7. The molecule has 2 aromatic rings. The molecule has 0 spiro atoms. The Bertz CT molecular complexity index is 752. The molecule has 0 bridgehead atoms. The second kappa shape index (κ2) is 11.5. The van der Waals surface area contributed by atoms with Crippen molar-refractivity contribution in [3.63, 3.8) is 0 Å². The van der Waals surface area contributed by atoms with Crippen LogP contribution >= 0.6 is 0 Å². The highest BCUT2D eigenvalue weighted by molar-refractivity contribution is 5.80. The summed E-state index contributed by atoms with van der Waals surface area (Å²) in [7, 11) is 0. The molecule has 0 radical (unpaired) electrons. The molecule has 8 nitrogen and oxygen atoms in total. The lowest BCUT2D eigenvalue weighted by molar-refractivity contribution is -0.122. The fraction of sp³-hybridized carbons (Fsp3) is 0.400. The Balaban J connectivity index is 1.47. The lowest BCUT2D eigenvalue weighted by Gasteiger charge is -2.01. The van der Waals surface area contributed by atoms with Crippen LogP contribution in [0.25, 0.3) is 0 Å². The summed E-state index contributed by atoms with van der Waals surface area (Å²) in [6.07, 6.45) is 6.98. The van der Waals surface area contributed by atoms with E-state index in [9.17, 15) is 9.59 Å². The first-order valence-electron chi connectivity index (χ1n) is 9.29. The Morgan fingerprint density at radius 1 is 0.786 bits per heavy atom. The van der Waals surface area contributed by atoms with Crippen LogP contribution in [0.5, 0.6) is 0 Å². The van der Waals surface area contributed by atoms with Crippen molar-refractivity contribution in [3.05, 3.63) is 47.3 Å². The number of carbonyl (C=O) groups excluding carboxylic acids is 2. The molecule has 2 amide bonds. The average Bonchev–Trinajstić information content (AvgIpc) is 3.26. The number of furan rings is 2. The minimum absolute atomic E-state index is 0.139. The summed E-state index contributed by atoms with van der Waals surface area (Å²) >= 11 is 0. The lowest BCUT2D eigenvalue weighted by Crippen LogP contribution is -2.17. The quantitative estimate of drug-likeness (QED) is 0.350. The van der Waals surface area contributed by atoms with E-state index in [4.69, 9.17) is 8.83 Å². The van der Waals surface area contributed by atoms with Gasteiger partial charge in [0, 0.05) is 12.8 Å². The normalized spacial score (nSPS) is 11.4. The van der Waals surface area contributed by atoms with Gasteiger partial charge in [-0.1, -0.05) is 12.8 Å². The van der Waals surface area contributed by atoms with Gasteiger partial charge in [-0.15, -0.1) is 0 Å². The van der Waals surface area contributed by atoms with Crippen LogP contribution in [0.2, 0.25) is 0 Å². The second-order valence-corrected chi connectivity index (χ2v) is 6.40. The van der Waals surface area contributed by atoms with E-state index >= 15 is 0 Å². The largest absolute Gasteiger partial charge is 0.460 e. The zero-order valence-corrected chi connectivity index (χ0v) is 16.2. The summed E-state index contributed by atoms with van der Waals surface area (Å²) in [4.78, 5) is 23.3. The molecule has 0 fully saturated rings. The summed E-state index contributed by atoms with van der Waals surface area (Å²) in [5.41, 5.74) is 4.94. The van der Waals surface area contributed by atoms with Gasteiger partial charge in [0.25, 0.3) is 0 Å². The number of nitrogens with zero attached hydrogens (tertiary/aromatic N) is 2. The predicted molar refractivity (Wildman–Crippen MR) is 106 cm³/mol. The van der Waals surface area contributed by atoms with E-state index in [1.807, 2.05) is 26.0 Å². The second-order valence-electron chi connectivity index (χ2n) is 6.40. The Hall–Kier alpha value is -3.16. The van der Waals surface area contributed by atoms with E-state index in [-0.39, 0.29) is 11.8 Å². The summed E-state index contributed by atoms with van der Waals surface area (Å²) in [6.45, 7) is 3.68. The van der Waals surface area contributed by atoms with Crippen molar-refractivity contribution in [1.82, 2.24) is 10.9 Å². The molecule has 0 saturated carbocycles. The topological polar surface area (TPSA) is 109 Å². The maximum Gasteiger partial charge on any atom is 0.240 e. The number of nitrogens with one attached hydrogen (secondary N) is 2. The first-order chi connectivity index (χ1) is 13.5. The third kappa shape index (κ3) is 8.48. The van der Waals surface area contributed by atoms with Crippen LogP contribution in [0.3, 0.4) is 0 Å². The standard InChI is InChI=1S/C20H26N4O4/c1-15-9-11-17(27-15)13-21-23-19(25)7-5-3-4-6-8-20(26)24-22-14-18-12-10-16(2)28-18/h9-14H,3-8H2,1-2H3,(H,23,25)(H,24,26). The molecular formula is C20H26N4O4. The van der Waals surface area contributed by atoms with Crippen molar-refractivity contribution in [1.29, 1.82) is 0 Å². The third-order valence-electron chi connectivity index (χ3n) is 3.84. The molecule has 0 aliphatic carbocycles. The molecular weight excluding hydrogens is 360 g/mol. The number of hydrogen-bond donors (Lipinski definition) is 2. The fourth-order valence-electron chi connectivity index (χ4n) is 2.42. The first-order valence-corrected chi connectivity index (χ1v) is 9.29. The van der Waals surface area contributed by atoms with Crippen LogP contribution < -0.4 is 10.9 Å². The highest BCUT2D eigenvalue weighted by Gasteiger charge is 2.02. The SMILES string of the molecule is Cc1ccc(C=NNC(=O)CCCCCCC(=O)NN=Cc2ccc(C)o2)o1. The molecule has 2 rings (SSSR count). The molecule has 28 heavy (non-hydrogen) atoms. The molecule has 0 aliphatic heterocycles. The lowest BCUT2D eigenvalue weighted by atomic mass is 10.1. The fourth-order valence-corrected chi connectivity index (χ4v) is 2.42. The zero-order chi connectivity index (χ0) is 20.2. The number of hydrogen-bond acceptors (Lipinski definition) is 6. The van der Waals surface area contributed by atoms with E-state index in [2.05, 4.69) is 21.1 Å². The van der Waals surface area contributed by atoms with Crippen LogP contribution in [0, 0.1) is 13.8 Å². The minimum atomic E-state index is -0.139. The Labute approximate surface area is 164 Å². The minimum Gasteiger partial charge on any atom is -0.460 e. The van der Waals surface area contributed by atoms with Crippen LogP contribution in [0.1, 0.15) is 61.6 Å². The average molecular weight is 386 g/mol. The van der Waals surface area contributed by atoms with Crippen molar-refractivity contribution in [3.8, 4) is 0 Å². The van der Waals surface area contributed by atoms with Crippen LogP contribution in [-0.2, 0) is 9.59 Å². The van der Waals surface area contributed by atoms with E-state index in [0.717, 1.165) is 37.2 Å². The van der Waals surface area contributed by atoms with E-state index in [0.29, 0.717) is 24.4 Å². The molecule has 8 heteroatoms. The van der Waals surface area contributed by atoms with Gasteiger partial charge in [0.05, 0.1) is 12.4 Å². The van der Waals surface area contributed by atoms with Gasteiger partial charge in [-0.3, -0.25) is 9.59 Å². The van der Waals surface area contributed by atoms with Gasteiger partial charge < -0.3 is 8.83 Å². The van der Waals surface area contributed by atoms with Gasteiger partial charge in [0.15, 0.2) is 0 Å². The van der Waals surface area contributed by atoms with Crippen molar-refractivity contribution < 1.29 is 18.4 Å². The monoisotopic (exact) mass is 386 g/mol. The molecule has 150 valence electrons.